The van der Waals surface area contributed by atoms with Gasteiger partial charge in [-0.05, 0) is 19.1 Å². The largest absolute Gasteiger partial charge is 0.452 e. The van der Waals surface area contributed by atoms with Crippen molar-refractivity contribution in [3.8, 4) is 5.82 Å². The summed E-state index contributed by atoms with van der Waals surface area (Å²) in [5.41, 5.74) is 0.405. The highest BCUT2D eigenvalue weighted by Gasteiger charge is 2.15. The zero-order valence-corrected chi connectivity index (χ0v) is 12.0. The zero-order chi connectivity index (χ0) is 14.7. The summed E-state index contributed by atoms with van der Waals surface area (Å²) < 4.78 is 7.12. The van der Waals surface area contributed by atoms with Crippen molar-refractivity contribution < 1.29 is 9.53 Å². The monoisotopic (exact) mass is 300 g/mol. The van der Waals surface area contributed by atoms with Gasteiger partial charge in [-0.2, -0.15) is 0 Å². The second-order valence-corrected chi connectivity index (χ2v) is 5.22. The lowest BCUT2D eigenvalue weighted by Crippen LogP contribution is -2.09. The first-order chi connectivity index (χ1) is 10.2. The highest BCUT2D eigenvalue weighted by atomic mass is 32.1. The molecular weight excluding hydrogens is 288 g/mol. The lowest BCUT2D eigenvalue weighted by atomic mass is 10.3. The molecule has 0 saturated heterocycles. The number of pyridine rings is 1. The van der Waals surface area contributed by atoms with Crippen LogP contribution in [-0.4, -0.2) is 25.5 Å². The Hall–Kier alpha value is -2.54. The Morgan fingerprint density at radius 2 is 2.24 bits per heavy atom. The van der Waals surface area contributed by atoms with Crippen LogP contribution < -0.4 is 0 Å². The molecule has 1 atom stereocenters. The lowest BCUT2D eigenvalue weighted by molar-refractivity contribution is 0.0337. The van der Waals surface area contributed by atoms with Crippen LogP contribution in [-0.2, 0) is 4.74 Å². The molecule has 0 spiro atoms. The third-order valence-corrected chi connectivity index (χ3v) is 3.77. The van der Waals surface area contributed by atoms with Gasteiger partial charge in [-0.1, -0.05) is 0 Å². The van der Waals surface area contributed by atoms with Crippen LogP contribution in [0.4, 0.5) is 0 Å². The molecule has 0 aliphatic rings. The summed E-state index contributed by atoms with van der Waals surface area (Å²) in [6, 6.07) is 3.42. The number of esters is 1. The number of imidazole rings is 1. The number of nitrogens with zero attached hydrogens (tertiary/aromatic N) is 4. The fraction of sp³-hybridized carbons (Fsp3) is 0.143. The SMILES string of the molecule is C[C@@H](OC(=O)c1ccc(-n2ccnc2)nc1)c1nccs1. The van der Waals surface area contributed by atoms with Crippen LogP contribution in [0.3, 0.4) is 0 Å². The number of ether oxygens (including phenoxy) is 1. The lowest BCUT2D eigenvalue weighted by Gasteiger charge is -2.10. The smallest absolute Gasteiger partial charge is 0.340 e. The fourth-order valence-corrected chi connectivity index (χ4v) is 2.39. The Bertz CT molecular complexity index is 708. The van der Waals surface area contributed by atoms with E-state index in [4.69, 9.17) is 4.74 Å². The van der Waals surface area contributed by atoms with Crippen LogP contribution in [0.5, 0.6) is 0 Å². The molecular formula is C14H12N4O2S. The summed E-state index contributed by atoms with van der Waals surface area (Å²) in [5.74, 6) is 0.277. The highest BCUT2D eigenvalue weighted by molar-refractivity contribution is 7.09. The van der Waals surface area contributed by atoms with Crippen molar-refractivity contribution in [3.63, 3.8) is 0 Å². The standard InChI is InChI=1S/C14H12N4O2S/c1-10(13-16-5-7-21-13)20-14(19)11-2-3-12(17-8-11)18-6-4-15-9-18/h2-10H,1H3/t10-/m1/s1. The summed E-state index contributed by atoms with van der Waals surface area (Å²) in [6.45, 7) is 1.80. The van der Waals surface area contributed by atoms with Crippen LogP contribution in [0.25, 0.3) is 5.82 Å². The second kappa shape index (κ2) is 5.84. The molecule has 3 rings (SSSR count). The fourth-order valence-electron chi connectivity index (χ4n) is 1.77. The average Bonchev–Trinajstić information content (AvgIpc) is 3.20. The summed E-state index contributed by atoms with van der Waals surface area (Å²) in [5, 5.41) is 2.62. The average molecular weight is 300 g/mol. The van der Waals surface area contributed by atoms with E-state index in [1.807, 2.05) is 5.38 Å². The third-order valence-electron chi connectivity index (χ3n) is 2.84. The van der Waals surface area contributed by atoms with E-state index in [1.54, 1.807) is 48.5 Å². The summed E-state index contributed by atoms with van der Waals surface area (Å²) in [4.78, 5) is 24.3. The van der Waals surface area contributed by atoms with Crippen LogP contribution in [0, 0.1) is 0 Å². The highest BCUT2D eigenvalue weighted by Crippen LogP contribution is 2.20. The Morgan fingerprint density at radius 1 is 1.33 bits per heavy atom. The Balaban J connectivity index is 1.70. The normalized spacial score (nSPS) is 12.0. The maximum atomic E-state index is 12.0. The Labute approximate surface area is 125 Å². The molecule has 0 radical (unpaired) electrons. The molecule has 3 aromatic rings. The van der Waals surface area contributed by atoms with Crippen molar-refractivity contribution in [2.24, 2.45) is 0 Å². The maximum Gasteiger partial charge on any atom is 0.340 e. The molecule has 0 N–H and O–H groups in total. The molecule has 7 heteroatoms. The van der Waals surface area contributed by atoms with E-state index in [0.29, 0.717) is 11.4 Å². The number of hydrogen-bond acceptors (Lipinski definition) is 6. The molecule has 3 heterocycles. The van der Waals surface area contributed by atoms with Crippen LogP contribution >= 0.6 is 11.3 Å². The predicted octanol–water partition coefficient (Wildman–Crippen LogP) is 2.64. The number of thiazole rings is 1. The Kier molecular flexibility index (Phi) is 3.74. The topological polar surface area (TPSA) is 69.9 Å². The van der Waals surface area contributed by atoms with Gasteiger partial charge in [0.2, 0.25) is 0 Å². The first kappa shape index (κ1) is 13.4. The van der Waals surface area contributed by atoms with Gasteiger partial charge in [-0.25, -0.2) is 19.7 Å². The molecule has 21 heavy (non-hydrogen) atoms. The van der Waals surface area contributed by atoms with Crippen molar-refractivity contribution >= 4 is 17.3 Å². The molecule has 6 nitrogen and oxygen atoms in total. The minimum Gasteiger partial charge on any atom is -0.452 e. The van der Waals surface area contributed by atoms with E-state index in [0.717, 1.165) is 5.01 Å². The van der Waals surface area contributed by atoms with E-state index < -0.39 is 5.97 Å². The quantitative estimate of drug-likeness (QED) is 0.693. The van der Waals surface area contributed by atoms with E-state index in [2.05, 4.69) is 15.0 Å². The first-order valence-corrected chi connectivity index (χ1v) is 7.17. The first-order valence-electron chi connectivity index (χ1n) is 6.29. The zero-order valence-electron chi connectivity index (χ0n) is 11.2. The summed E-state index contributed by atoms with van der Waals surface area (Å²) in [7, 11) is 0. The van der Waals surface area contributed by atoms with Crippen molar-refractivity contribution in [2.45, 2.75) is 13.0 Å². The van der Waals surface area contributed by atoms with E-state index >= 15 is 0 Å². The van der Waals surface area contributed by atoms with Gasteiger partial charge >= 0.3 is 5.97 Å². The number of rotatable bonds is 4. The van der Waals surface area contributed by atoms with E-state index in [-0.39, 0.29) is 6.10 Å². The van der Waals surface area contributed by atoms with E-state index in [1.165, 1.54) is 17.5 Å². The van der Waals surface area contributed by atoms with Crippen molar-refractivity contribution in [1.29, 1.82) is 0 Å². The minimum atomic E-state index is -0.414. The number of hydrogen-bond donors (Lipinski definition) is 0. The summed E-state index contributed by atoms with van der Waals surface area (Å²) >= 11 is 1.45. The van der Waals surface area contributed by atoms with Crippen LogP contribution in [0.1, 0.15) is 28.4 Å². The van der Waals surface area contributed by atoms with Gasteiger partial charge in [0.1, 0.15) is 17.2 Å². The molecule has 0 aliphatic heterocycles. The van der Waals surface area contributed by atoms with Gasteiger partial charge in [0, 0.05) is 30.2 Å². The van der Waals surface area contributed by atoms with Crippen LogP contribution in [0.15, 0.2) is 48.6 Å². The molecule has 3 aromatic heterocycles. The minimum absolute atomic E-state index is 0.370. The molecule has 0 amide bonds. The molecule has 0 bridgehead atoms. The maximum absolute atomic E-state index is 12.0. The van der Waals surface area contributed by atoms with Crippen LogP contribution in [0.2, 0.25) is 0 Å². The van der Waals surface area contributed by atoms with Gasteiger partial charge in [0.25, 0.3) is 0 Å². The van der Waals surface area contributed by atoms with Gasteiger partial charge in [0.15, 0.2) is 6.10 Å². The Morgan fingerprint density at radius 3 is 2.86 bits per heavy atom. The number of aromatic nitrogens is 4. The number of carbonyl (C=O) groups excluding carboxylic acids is 1. The molecule has 0 fully saturated rings. The van der Waals surface area contributed by atoms with Gasteiger partial charge in [-0.3, -0.25) is 4.57 Å². The molecule has 106 valence electrons. The van der Waals surface area contributed by atoms with Gasteiger partial charge < -0.3 is 4.74 Å². The molecule has 0 saturated carbocycles. The molecule has 0 unspecified atom stereocenters. The van der Waals surface area contributed by atoms with Crippen molar-refractivity contribution in [3.05, 3.63) is 59.2 Å². The second-order valence-electron chi connectivity index (χ2n) is 4.29. The molecule has 0 aliphatic carbocycles. The van der Waals surface area contributed by atoms with Crippen molar-refractivity contribution in [2.75, 3.05) is 0 Å². The van der Waals surface area contributed by atoms with Gasteiger partial charge in [0.05, 0.1) is 5.56 Å². The van der Waals surface area contributed by atoms with Crippen molar-refractivity contribution in [1.82, 2.24) is 19.5 Å². The summed E-state index contributed by atoms with van der Waals surface area (Å²) in [6.07, 6.45) is 7.90. The number of carbonyl (C=O) groups is 1. The molecule has 0 aromatic carbocycles. The van der Waals surface area contributed by atoms with E-state index in [9.17, 15) is 4.79 Å². The third kappa shape index (κ3) is 2.97. The predicted molar refractivity (Wildman–Crippen MR) is 77.3 cm³/mol. The van der Waals surface area contributed by atoms with Gasteiger partial charge in [-0.15, -0.1) is 11.3 Å².